The lowest BCUT2D eigenvalue weighted by Gasteiger charge is -2.11. The van der Waals surface area contributed by atoms with E-state index in [0.717, 1.165) is 6.54 Å². The van der Waals surface area contributed by atoms with Crippen LogP contribution in [0.3, 0.4) is 0 Å². The minimum Gasteiger partial charge on any atom is -0.491 e. The minimum atomic E-state index is -3.47. The Bertz CT molecular complexity index is 446. The summed E-state index contributed by atoms with van der Waals surface area (Å²) in [4.78, 5) is 0.166. The van der Waals surface area contributed by atoms with Gasteiger partial charge in [0, 0.05) is 6.54 Å². The van der Waals surface area contributed by atoms with Crippen molar-refractivity contribution in [2.45, 2.75) is 11.8 Å². The lowest BCUT2D eigenvalue weighted by atomic mass is 10.3. The van der Waals surface area contributed by atoms with Gasteiger partial charge in [-0.3, -0.25) is 0 Å². The molecule has 0 radical (unpaired) electrons. The molecule has 0 unspecified atom stereocenters. The van der Waals surface area contributed by atoms with Crippen LogP contribution in [-0.4, -0.2) is 35.2 Å². The van der Waals surface area contributed by atoms with E-state index in [1.54, 1.807) is 18.2 Å². The van der Waals surface area contributed by atoms with Gasteiger partial charge in [0.05, 0.1) is 0 Å². The van der Waals surface area contributed by atoms with Crippen LogP contribution in [0.2, 0.25) is 0 Å². The second kappa shape index (κ2) is 6.58. The van der Waals surface area contributed by atoms with Gasteiger partial charge in [0.25, 0.3) is 0 Å². The summed E-state index contributed by atoms with van der Waals surface area (Å²) in [7, 11) is -2.09. The third kappa shape index (κ3) is 3.99. The molecule has 2 N–H and O–H groups in total. The summed E-state index contributed by atoms with van der Waals surface area (Å²) in [6.07, 6.45) is 0. The van der Waals surface area contributed by atoms with Crippen LogP contribution in [0.4, 0.5) is 0 Å². The molecule has 96 valence electrons. The zero-order valence-corrected chi connectivity index (χ0v) is 10.9. The number of para-hydroxylation sites is 1. The fraction of sp³-hybridized carbons (Fsp3) is 0.455. The summed E-state index contributed by atoms with van der Waals surface area (Å²) in [6.45, 7) is 3.98. The highest BCUT2D eigenvalue weighted by Crippen LogP contribution is 2.22. The third-order valence-electron chi connectivity index (χ3n) is 2.19. The number of benzene rings is 1. The molecule has 0 saturated carbocycles. The Kier molecular flexibility index (Phi) is 5.40. The van der Waals surface area contributed by atoms with Gasteiger partial charge in [-0.1, -0.05) is 19.1 Å². The van der Waals surface area contributed by atoms with Gasteiger partial charge in [-0.25, -0.2) is 13.1 Å². The predicted molar refractivity (Wildman–Crippen MR) is 66.7 cm³/mol. The minimum absolute atomic E-state index is 0.166. The van der Waals surface area contributed by atoms with E-state index < -0.39 is 10.0 Å². The van der Waals surface area contributed by atoms with Crippen molar-refractivity contribution in [2.75, 3.05) is 26.7 Å². The fourth-order valence-electron chi connectivity index (χ4n) is 1.31. The van der Waals surface area contributed by atoms with E-state index in [-0.39, 0.29) is 4.90 Å². The Morgan fingerprint density at radius 3 is 2.65 bits per heavy atom. The van der Waals surface area contributed by atoms with E-state index in [2.05, 4.69) is 10.0 Å². The smallest absolute Gasteiger partial charge is 0.243 e. The number of likely N-dealkylation sites (N-methyl/N-ethyl adjacent to an activating group) is 1. The third-order valence-corrected chi connectivity index (χ3v) is 3.65. The second-order valence-corrected chi connectivity index (χ2v) is 5.21. The van der Waals surface area contributed by atoms with Crippen molar-refractivity contribution in [3.63, 3.8) is 0 Å². The molecule has 0 atom stereocenters. The van der Waals surface area contributed by atoms with E-state index in [1.807, 2.05) is 6.92 Å². The van der Waals surface area contributed by atoms with Crippen molar-refractivity contribution in [1.29, 1.82) is 0 Å². The summed E-state index contributed by atoms with van der Waals surface area (Å²) in [6, 6.07) is 6.59. The maximum atomic E-state index is 11.7. The van der Waals surface area contributed by atoms with Crippen LogP contribution in [0.25, 0.3) is 0 Å². The van der Waals surface area contributed by atoms with Gasteiger partial charge in [0.15, 0.2) is 0 Å². The van der Waals surface area contributed by atoms with Gasteiger partial charge >= 0.3 is 0 Å². The first-order valence-electron chi connectivity index (χ1n) is 5.48. The van der Waals surface area contributed by atoms with Crippen LogP contribution in [-0.2, 0) is 10.0 Å². The lowest BCUT2D eigenvalue weighted by molar-refractivity contribution is 0.307. The van der Waals surface area contributed by atoms with Crippen molar-refractivity contribution in [2.24, 2.45) is 0 Å². The van der Waals surface area contributed by atoms with Crippen molar-refractivity contribution >= 4 is 10.0 Å². The molecule has 0 saturated heterocycles. The zero-order chi connectivity index (χ0) is 12.7. The average Bonchev–Trinajstić information content (AvgIpc) is 2.35. The van der Waals surface area contributed by atoms with Gasteiger partial charge < -0.3 is 10.1 Å². The van der Waals surface area contributed by atoms with E-state index in [1.165, 1.54) is 13.1 Å². The second-order valence-electron chi connectivity index (χ2n) is 3.36. The van der Waals surface area contributed by atoms with Crippen molar-refractivity contribution in [1.82, 2.24) is 10.0 Å². The molecular formula is C11H18N2O3S. The molecule has 0 spiro atoms. The van der Waals surface area contributed by atoms with Gasteiger partial charge in [-0.15, -0.1) is 0 Å². The van der Waals surface area contributed by atoms with Crippen molar-refractivity contribution < 1.29 is 13.2 Å². The summed E-state index contributed by atoms with van der Waals surface area (Å²) in [5.74, 6) is 0.375. The number of nitrogens with one attached hydrogen (secondary N) is 2. The standard InChI is InChI=1S/C11H18N2O3S/c1-3-13-8-9-16-10-6-4-5-7-11(10)17(14,15)12-2/h4-7,12-13H,3,8-9H2,1-2H3. The Morgan fingerprint density at radius 1 is 1.29 bits per heavy atom. The van der Waals surface area contributed by atoms with Crippen LogP contribution in [0.15, 0.2) is 29.2 Å². The van der Waals surface area contributed by atoms with Crippen LogP contribution in [0.5, 0.6) is 5.75 Å². The Hall–Kier alpha value is -1.11. The molecular weight excluding hydrogens is 240 g/mol. The Labute approximate surface area is 102 Å². The number of sulfonamides is 1. The molecule has 0 bridgehead atoms. The number of ether oxygens (including phenoxy) is 1. The molecule has 0 aliphatic heterocycles. The van der Waals surface area contributed by atoms with Crippen LogP contribution in [0, 0.1) is 0 Å². The summed E-state index contributed by atoms with van der Waals surface area (Å²) < 4.78 is 31.1. The molecule has 0 fully saturated rings. The quantitative estimate of drug-likeness (QED) is 0.702. The first-order chi connectivity index (χ1) is 8.11. The number of hydrogen-bond donors (Lipinski definition) is 2. The largest absolute Gasteiger partial charge is 0.491 e. The molecule has 5 nitrogen and oxygen atoms in total. The van der Waals surface area contributed by atoms with Crippen molar-refractivity contribution in [3.05, 3.63) is 24.3 Å². The topological polar surface area (TPSA) is 67.4 Å². The normalized spacial score (nSPS) is 11.4. The van der Waals surface area contributed by atoms with E-state index in [9.17, 15) is 8.42 Å². The van der Waals surface area contributed by atoms with Gasteiger partial charge in [0.1, 0.15) is 17.3 Å². The fourth-order valence-corrected chi connectivity index (χ4v) is 2.18. The molecule has 0 aliphatic rings. The van der Waals surface area contributed by atoms with Crippen LogP contribution < -0.4 is 14.8 Å². The molecule has 0 aliphatic carbocycles. The summed E-state index contributed by atoms with van der Waals surface area (Å²) in [5.41, 5.74) is 0. The summed E-state index contributed by atoms with van der Waals surface area (Å²) >= 11 is 0. The molecule has 0 heterocycles. The highest BCUT2D eigenvalue weighted by Gasteiger charge is 2.16. The van der Waals surface area contributed by atoms with Gasteiger partial charge in [-0.2, -0.15) is 0 Å². The molecule has 1 aromatic rings. The van der Waals surface area contributed by atoms with E-state index in [0.29, 0.717) is 18.9 Å². The predicted octanol–water partition coefficient (Wildman–Crippen LogP) is 0.583. The average molecular weight is 258 g/mol. The first kappa shape index (κ1) is 14.0. The zero-order valence-electron chi connectivity index (χ0n) is 10.1. The molecule has 6 heteroatoms. The molecule has 17 heavy (non-hydrogen) atoms. The maximum Gasteiger partial charge on any atom is 0.243 e. The molecule has 0 amide bonds. The van der Waals surface area contributed by atoms with Crippen molar-refractivity contribution in [3.8, 4) is 5.75 Å². The van der Waals surface area contributed by atoms with Gasteiger partial charge in [-0.05, 0) is 25.7 Å². The van der Waals surface area contributed by atoms with E-state index >= 15 is 0 Å². The van der Waals surface area contributed by atoms with Gasteiger partial charge in [0.2, 0.25) is 10.0 Å². The Morgan fingerprint density at radius 2 is 2.00 bits per heavy atom. The van der Waals surface area contributed by atoms with Crippen LogP contribution >= 0.6 is 0 Å². The molecule has 1 aromatic carbocycles. The van der Waals surface area contributed by atoms with Crippen LogP contribution in [0.1, 0.15) is 6.92 Å². The lowest BCUT2D eigenvalue weighted by Crippen LogP contribution is -2.22. The Balaban J connectivity index is 2.79. The number of hydrogen-bond acceptors (Lipinski definition) is 4. The molecule has 1 rings (SSSR count). The van der Waals surface area contributed by atoms with E-state index in [4.69, 9.17) is 4.74 Å². The summed E-state index contributed by atoms with van der Waals surface area (Å²) in [5, 5.41) is 3.10. The number of rotatable bonds is 7. The highest BCUT2D eigenvalue weighted by molar-refractivity contribution is 7.89. The monoisotopic (exact) mass is 258 g/mol. The maximum absolute atomic E-state index is 11.7. The SMILES string of the molecule is CCNCCOc1ccccc1S(=O)(=O)NC. The molecule has 0 aromatic heterocycles. The highest BCUT2D eigenvalue weighted by atomic mass is 32.2. The first-order valence-corrected chi connectivity index (χ1v) is 6.96.